The van der Waals surface area contributed by atoms with Gasteiger partial charge in [0.2, 0.25) is 0 Å². The molecule has 7 nitrogen and oxygen atoms in total. The molecule has 10 heteroatoms. The Hall–Kier alpha value is -2.91. The summed E-state index contributed by atoms with van der Waals surface area (Å²) in [5.41, 5.74) is 1.67. The second-order valence-electron chi connectivity index (χ2n) is 6.69. The molecule has 0 bridgehead atoms. The van der Waals surface area contributed by atoms with E-state index in [1.807, 2.05) is 11.8 Å². The zero-order valence-electron chi connectivity index (χ0n) is 15.0. The molecule has 4 heterocycles. The fourth-order valence-electron chi connectivity index (χ4n) is 3.40. The van der Waals surface area contributed by atoms with E-state index in [0.29, 0.717) is 35.7 Å². The van der Waals surface area contributed by atoms with Crippen molar-refractivity contribution in [3.8, 4) is 0 Å². The van der Waals surface area contributed by atoms with Crippen LogP contribution in [0.3, 0.4) is 0 Å². The number of rotatable bonds is 1. The standard InChI is InChI=1S/C17H17F3N6O/c1-9-10(2)26-15(23-24(3)16(26)27)22-14(9)25-5-4-13-11(8-25)6-12(7-21-13)17(18,19)20/h6-7H,4-5,8H2,1-3H3. The molecule has 0 N–H and O–H groups in total. The summed E-state index contributed by atoms with van der Waals surface area (Å²) in [5.74, 6) is 0.891. The molecule has 142 valence electrons. The highest BCUT2D eigenvalue weighted by Crippen LogP contribution is 2.32. The number of aromatic nitrogens is 5. The third-order valence-corrected chi connectivity index (χ3v) is 4.99. The third kappa shape index (κ3) is 2.75. The van der Waals surface area contributed by atoms with Gasteiger partial charge in [0.25, 0.3) is 5.78 Å². The summed E-state index contributed by atoms with van der Waals surface area (Å²) in [6.45, 7) is 4.49. The summed E-state index contributed by atoms with van der Waals surface area (Å²) in [7, 11) is 1.55. The topological polar surface area (TPSA) is 68.3 Å². The Labute approximate surface area is 152 Å². The Kier molecular flexibility index (Phi) is 3.76. The fraction of sp³-hybridized carbons (Fsp3) is 0.412. The molecule has 0 aromatic carbocycles. The molecule has 0 fully saturated rings. The van der Waals surface area contributed by atoms with E-state index in [1.54, 1.807) is 14.0 Å². The summed E-state index contributed by atoms with van der Waals surface area (Å²) in [6, 6.07) is 1.15. The Morgan fingerprint density at radius 2 is 1.96 bits per heavy atom. The van der Waals surface area contributed by atoms with Gasteiger partial charge >= 0.3 is 11.9 Å². The molecule has 1 aliphatic heterocycles. The minimum absolute atomic E-state index is 0.271. The molecule has 0 radical (unpaired) electrons. The second-order valence-corrected chi connectivity index (χ2v) is 6.69. The van der Waals surface area contributed by atoms with Gasteiger partial charge in [-0.25, -0.2) is 13.9 Å². The van der Waals surface area contributed by atoms with Crippen molar-refractivity contribution in [3.63, 3.8) is 0 Å². The highest BCUT2D eigenvalue weighted by atomic mass is 19.4. The zero-order valence-corrected chi connectivity index (χ0v) is 15.0. The molecule has 0 saturated heterocycles. The smallest absolute Gasteiger partial charge is 0.351 e. The maximum absolute atomic E-state index is 13.0. The molecular formula is C17H17F3N6O. The molecule has 4 rings (SSSR count). The van der Waals surface area contributed by atoms with Gasteiger partial charge < -0.3 is 4.90 Å². The van der Waals surface area contributed by atoms with Gasteiger partial charge in [-0.1, -0.05) is 0 Å². The molecule has 0 atom stereocenters. The maximum atomic E-state index is 13.0. The predicted molar refractivity (Wildman–Crippen MR) is 91.7 cm³/mol. The first kappa shape index (κ1) is 17.5. The van der Waals surface area contributed by atoms with Crippen molar-refractivity contribution in [1.29, 1.82) is 0 Å². The van der Waals surface area contributed by atoms with E-state index in [1.165, 1.54) is 9.08 Å². The van der Waals surface area contributed by atoms with Crippen LogP contribution in [-0.2, 0) is 26.2 Å². The molecule has 3 aromatic rings. The summed E-state index contributed by atoms with van der Waals surface area (Å²) in [4.78, 5) is 22.6. The molecule has 27 heavy (non-hydrogen) atoms. The van der Waals surface area contributed by atoms with Crippen molar-refractivity contribution in [3.05, 3.63) is 50.8 Å². The Morgan fingerprint density at radius 3 is 2.67 bits per heavy atom. The van der Waals surface area contributed by atoms with Crippen LogP contribution >= 0.6 is 0 Å². The number of hydrogen-bond acceptors (Lipinski definition) is 5. The van der Waals surface area contributed by atoms with Crippen LogP contribution in [-0.4, -0.2) is 30.7 Å². The zero-order chi connectivity index (χ0) is 19.5. The Morgan fingerprint density at radius 1 is 1.22 bits per heavy atom. The number of aryl methyl sites for hydroxylation is 2. The van der Waals surface area contributed by atoms with Gasteiger partial charge in [0.1, 0.15) is 5.82 Å². The van der Waals surface area contributed by atoms with E-state index >= 15 is 0 Å². The van der Waals surface area contributed by atoms with Crippen molar-refractivity contribution >= 4 is 11.6 Å². The molecule has 0 spiro atoms. The van der Waals surface area contributed by atoms with Crippen LogP contribution in [0, 0.1) is 13.8 Å². The van der Waals surface area contributed by atoms with Crippen molar-refractivity contribution in [1.82, 2.24) is 24.1 Å². The highest BCUT2D eigenvalue weighted by molar-refractivity contribution is 5.55. The summed E-state index contributed by atoms with van der Waals surface area (Å²) in [6.07, 6.45) is -3.02. The van der Waals surface area contributed by atoms with E-state index in [4.69, 9.17) is 0 Å². The van der Waals surface area contributed by atoms with Gasteiger partial charge in [-0.2, -0.15) is 18.2 Å². The van der Waals surface area contributed by atoms with E-state index in [-0.39, 0.29) is 18.0 Å². The molecule has 0 amide bonds. The first-order valence-corrected chi connectivity index (χ1v) is 8.39. The monoisotopic (exact) mass is 378 g/mol. The first-order chi connectivity index (χ1) is 12.7. The molecule has 1 aliphatic rings. The number of pyridine rings is 1. The number of hydrogen-bond donors (Lipinski definition) is 0. The minimum atomic E-state index is -4.43. The number of alkyl halides is 3. The highest BCUT2D eigenvalue weighted by Gasteiger charge is 2.33. The SMILES string of the molecule is Cc1c(N2CCc3ncc(C(F)(F)F)cc3C2)nc2nn(C)c(=O)n2c1C. The average Bonchev–Trinajstić information content (AvgIpc) is 2.90. The lowest BCUT2D eigenvalue weighted by molar-refractivity contribution is -0.137. The van der Waals surface area contributed by atoms with Crippen molar-refractivity contribution in [2.24, 2.45) is 7.05 Å². The largest absolute Gasteiger partial charge is 0.417 e. The summed E-state index contributed by atoms with van der Waals surface area (Å²) < 4.78 is 41.6. The third-order valence-electron chi connectivity index (χ3n) is 4.99. The number of halogens is 3. The summed E-state index contributed by atoms with van der Waals surface area (Å²) in [5, 5.41) is 4.13. The van der Waals surface area contributed by atoms with Crippen molar-refractivity contribution in [2.45, 2.75) is 33.0 Å². The normalized spacial score (nSPS) is 14.7. The van der Waals surface area contributed by atoms with Gasteiger partial charge in [-0.3, -0.25) is 4.98 Å². The second kappa shape index (κ2) is 5.80. The Balaban J connectivity index is 1.78. The van der Waals surface area contributed by atoms with E-state index in [0.717, 1.165) is 17.8 Å². The average molecular weight is 378 g/mol. The predicted octanol–water partition coefficient (Wildman–Crippen LogP) is 2.02. The van der Waals surface area contributed by atoms with Gasteiger partial charge in [-0.15, -0.1) is 5.10 Å². The van der Waals surface area contributed by atoms with Crippen LogP contribution in [0.5, 0.6) is 0 Å². The molecule has 0 unspecified atom stereocenters. The maximum Gasteiger partial charge on any atom is 0.417 e. The van der Waals surface area contributed by atoms with E-state index < -0.39 is 11.7 Å². The number of anilines is 1. The molecule has 0 aliphatic carbocycles. The first-order valence-electron chi connectivity index (χ1n) is 8.39. The number of nitrogens with zero attached hydrogens (tertiary/aromatic N) is 6. The minimum Gasteiger partial charge on any atom is -0.351 e. The van der Waals surface area contributed by atoms with Crippen molar-refractivity contribution < 1.29 is 13.2 Å². The van der Waals surface area contributed by atoms with Crippen LogP contribution < -0.4 is 10.6 Å². The van der Waals surface area contributed by atoms with Crippen molar-refractivity contribution in [2.75, 3.05) is 11.4 Å². The van der Waals surface area contributed by atoms with E-state index in [2.05, 4.69) is 15.1 Å². The van der Waals surface area contributed by atoms with Crippen LogP contribution in [0.25, 0.3) is 5.78 Å². The lowest BCUT2D eigenvalue weighted by atomic mass is 10.0. The quantitative estimate of drug-likeness (QED) is 0.648. The lowest BCUT2D eigenvalue weighted by Crippen LogP contribution is -2.33. The fourth-order valence-corrected chi connectivity index (χ4v) is 3.40. The van der Waals surface area contributed by atoms with E-state index in [9.17, 15) is 18.0 Å². The van der Waals surface area contributed by atoms with Gasteiger partial charge in [0.15, 0.2) is 0 Å². The van der Waals surface area contributed by atoms with Gasteiger partial charge in [0, 0.05) is 49.7 Å². The van der Waals surface area contributed by atoms with Gasteiger partial charge in [0.05, 0.1) is 5.56 Å². The molecule has 3 aromatic heterocycles. The summed E-state index contributed by atoms with van der Waals surface area (Å²) >= 11 is 0. The van der Waals surface area contributed by atoms with Crippen LogP contribution in [0.2, 0.25) is 0 Å². The lowest BCUT2D eigenvalue weighted by Gasteiger charge is -2.31. The van der Waals surface area contributed by atoms with Crippen LogP contribution in [0.15, 0.2) is 17.1 Å². The van der Waals surface area contributed by atoms with Crippen LogP contribution in [0.4, 0.5) is 19.0 Å². The molecule has 0 saturated carbocycles. The Bertz CT molecular complexity index is 1110. The van der Waals surface area contributed by atoms with Gasteiger partial charge in [-0.05, 0) is 25.5 Å². The van der Waals surface area contributed by atoms with Crippen LogP contribution in [0.1, 0.15) is 28.1 Å². The number of fused-ring (bicyclic) bond motifs is 2. The molecular weight excluding hydrogens is 361 g/mol.